The van der Waals surface area contributed by atoms with Crippen LogP contribution in [0.1, 0.15) is 20.8 Å². The molecule has 0 aromatic heterocycles. The molecule has 7 heteroatoms. The van der Waals surface area contributed by atoms with E-state index in [2.05, 4.69) is 41.1 Å². The Balaban J connectivity index is 1.55. The van der Waals surface area contributed by atoms with E-state index in [4.69, 9.17) is 4.74 Å². The Morgan fingerprint density at radius 1 is 1.07 bits per heavy atom. The molecular formula is C20H29N4O3. The molecule has 2 fully saturated rings. The van der Waals surface area contributed by atoms with Gasteiger partial charge in [0.25, 0.3) is 0 Å². The van der Waals surface area contributed by atoms with Crippen LogP contribution < -0.4 is 15.1 Å². The van der Waals surface area contributed by atoms with Gasteiger partial charge in [0.05, 0.1) is 13.1 Å². The minimum Gasteiger partial charge on any atom is -0.442 e. The third kappa shape index (κ3) is 5.13. The van der Waals surface area contributed by atoms with Crippen LogP contribution in [0.25, 0.3) is 0 Å². The number of ether oxygens (including phenoxy) is 1. The maximum absolute atomic E-state index is 12.1. The number of hydrogen-bond acceptors (Lipinski definition) is 5. The summed E-state index contributed by atoms with van der Waals surface area (Å²) in [7, 11) is 0. The van der Waals surface area contributed by atoms with Crippen LogP contribution in [-0.2, 0) is 9.53 Å². The van der Waals surface area contributed by atoms with Crippen LogP contribution in [-0.4, -0.2) is 68.8 Å². The zero-order valence-corrected chi connectivity index (χ0v) is 16.4. The van der Waals surface area contributed by atoms with Crippen LogP contribution in [0.4, 0.5) is 16.2 Å². The molecule has 3 rings (SSSR count). The molecule has 2 heterocycles. The van der Waals surface area contributed by atoms with Crippen LogP contribution >= 0.6 is 0 Å². The number of benzene rings is 1. The summed E-state index contributed by atoms with van der Waals surface area (Å²) in [5.74, 6) is 1.32. The lowest BCUT2D eigenvalue weighted by molar-refractivity contribution is -0.119. The van der Waals surface area contributed by atoms with E-state index in [9.17, 15) is 9.59 Å². The molecule has 2 saturated heterocycles. The van der Waals surface area contributed by atoms with Crippen molar-refractivity contribution in [3.05, 3.63) is 30.2 Å². The van der Waals surface area contributed by atoms with Crippen molar-refractivity contribution in [2.75, 3.05) is 55.6 Å². The van der Waals surface area contributed by atoms with Crippen molar-refractivity contribution >= 4 is 23.4 Å². The first-order valence-corrected chi connectivity index (χ1v) is 9.51. The van der Waals surface area contributed by atoms with E-state index in [1.165, 1.54) is 18.5 Å². The second kappa shape index (κ2) is 8.61. The van der Waals surface area contributed by atoms with Gasteiger partial charge in [-0.2, -0.15) is 0 Å². The molecule has 1 radical (unpaired) electrons. The van der Waals surface area contributed by atoms with Crippen LogP contribution in [0.2, 0.25) is 0 Å². The number of carbonyl (C=O) groups excluding carboxylic acids is 2. The van der Waals surface area contributed by atoms with Gasteiger partial charge in [-0.25, -0.2) is 4.79 Å². The van der Waals surface area contributed by atoms with Gasteiger partial charge in [-0.05, 0) is 30.2 Å². The monoisotopic (exact) mass is 373 g/mol. The fraction of sp³-hybridized carbons (Fsp3) is 0.550. The molecule has 0 unspecified atom stereocenters. The summed E-state index contributed by atoms with van der Waals surface area (Å²) in [5, 5.41) is 2.69. The van der Waals surface area contributed by atoms with Gasteiger partial charge in [0.2, 0.25) is 5.91 Å². The number of carbonyl (C=O) groups is 2. The quantitative estimate of drug-likeness (QED) is 0.825. The van der Waals surface area contributed by atoms with Gasteiger partial charge in [0.15, 0.2) is 0 Å². The Kier molecular flexibility index (Phi) is 6.21. The molecule has 0 aliphatic carbocycles. The van der Waals surface area contributed by atoms with Crippen LogP contribution in [0, 0.1) is 5.92 Å². The molecule has 7 nitrogen and oxygen atoms in total. The normalized spacial score (nSPS) is 20.9. The lowest BCUT2D eigenvalue weighted by Gasteiger charge is -2.36. The van der Waals surface area contributed by atoms with Gasteiger partial charge in [-0.1, -0.05) is 13.8 Å². The average molecular weight is 373 g/mol. The summed E-state index contributed by atoms with van der Waals surface area (Å²) in [5.41, 5.74) is 2.00. The number of hydrogen-bond donors (Lipinski definition) is 1. The van der Waals surface area contributed by atoms with E-state index in [1.807, 2.05) is 12.1 Å². The standard InChI is InChI=1S/C20H29N4O3/c1-15(2)13-22-8-10-23(11-9-22)17-4-6-18(7-5-17)24-14-19(27-20(24)26)12-21-16(3)25/h4-7,19H,8-14H2,1-3H3,(H,21,25)/t19-/m0/s1. The van der Waals surface area contributed by atoms with E-state index >= 15 is 0 Å². The molecule has 1 aromatic rings. The van der Waals surface area contributed by atoms with Crippen LogP contribution in [0.3, 0.4) is 0 Å². The molecule has 0 bridgehead atoms. The molecule has 27 heavy (non-hydrogen) atoms. The fourth-order valence-corrected chi connectivity index (χ4v) is 3.55. The zero-order valence-electron chi connectivity index (χ0n) is 16.4. The van der Waals surface area contributed by atoms with Gasteiger partial charge in [-0.15, -0.1) is 0 Å². The predicted octanol–water partition coefficient (Wildman–Crippen LogP) is 1.88. The SMILES string of the molecule is C[C](C)CN1CCN(c2ccc(N3C[C@H](CNC(C)=O)OC3=O)cc2)CC1. The molecule has 1 N–H and O–H groups in total. The van der Waals surface area contributed by atoms with Crippen molar-refractivity contribution in [1.82, 2.24) is 10.2 Å². The van der Waals surface area contributed by atoms with E-state index in [-0.39, 0.29) is 18.1 Å². The molecular weight excluding hydrogens is 344 g/mol. The van der Waals surface area contributed by atoms with Crippen molar-refractivity contribution < 1.29 is 14.3 Å². The lowest BCUT2D eigenvalue weighted by atomic mass is 10.1. The third-order valence-corrected chi connectivity index (χ3v) is 4.89. The maximum Gasteiger partial charge on any atom is 0.414 e. The molecule has 1 aromatic carbocycles. The highest BCUT2D eigenvalue weighted by Gasteiger charge is 2.32. The van der Waals surface area contributed by atoms with Crippen molar-refractivity contribution in [3.8, 4) is 0 Å². The molecule has 2 amide bonds. The van der Waals surface area contributed by atoms with Gasteiger partial charge < -0.3 is 15.0 Å². The van der Waals surface area contributed by atoms with Gasteiger partial charge >= 0.3 is 6.09 Å². The summed E-state index contributed by atoms with van der Waals surface area (Å²) in [6.07, 6.45) is -0.675. The minimum atomic E-state index is -0.363. The Morgan fingerprint density at radius 2 is 1.70 bits per heavy atom. The molecule has 2 aliphatic heterocycles. The maximum atomic E-state index is 12.1. The van der Waals surface area contributed by atoms with Crippen LogP contribution in [0.15, 0.2) is 24.3 Å². The molecule has 147 valence electrons. The second-order valence-corrected chi connectivity index (χ2v) is 7.54. The number of piperazine rings is 1. The number of amides is 2. The first-order chi connectivity index (χ1) is 12.9. The summed E-state index contributed by atoms with van der Waals surface area (Å²) in [6.45, 7) is 11.8. The van der Waals surface area contributed by atoms with Gasteiger partial charge in [0, 0.05) is 51.0 Å². The van der Waals surface area contributed by atoms with Crippen LogP contribution in [0.5, 0.6) is 0 Å². The van der Waals surface area contributed by atoms with E-state index in [0.717, 1.165) is 38.4 Å². The number of rotatable bonds is 6. The number of cyclic esters (lactones) is 1. The Bertz CT molecular complexity index is 654. The summed E-state index contributed by atoms with van der Waals surface area (Å²) in [4.78, 5) is 29.6. The highest BCUT2D eigenvalue weighted by molar-refractivity contribution is 5.90. The van der Waals surface area contributed by atoms with Crippen molar-refractivity contribution in [3.63, 3.8) is 0 Å². The number of anilines is 2. The summed E-state index contributed by atoms with van der Waals surface area (Å²) < 4.78 is 5.32. The first kappa shape index (κ1) is 19.5. The Labute approximate surface area is 161 Å². The molecule has 1 atom stereocenters. The predicted molar refractivity (Wildman–Crippen MR) is 106 cm³/mol. The highest BCUT2D eigenvalue weighted by Crippen LogP contribution is 2.25. The third-order valence-electron chi connectivity index (χ3n) is 4.89. The van der Waals surface area contributed by atoms with E-state index in [1.54, 1.807) is 4.90 Å². The van der Waals surface area contributed by atoms with Crippen molar-refractivity contribution in [2.45, 2.75) is 26.9 Å². The number of nitrogens with one attached hydrogen (secondary N) is 1. The smallest absolute Gasteiger partial charge is 0.414 e. The average Bonchev–Trinajstić information content (AvgIpc) is 3.01. The molecule has 0 spiro atoms. The van der Waals surface area contributed by atoms with E-state index < -0.39 is 0 Å². The van der Waals surface area contributed by atoms with E-state index in [0.29, 0.717) is 13.1 Å². The topological polar surface area (TPSA) is 65.1 Å². The summed E-state index contributed by atoms with van der Waals surface area (Å²) in [6, 6.07) is 8.06. The highest BCUT2D eigenvalue weighted by atomic mass is 16.6. The largest absolute Gasteiger partial charge is 0.442 e. The minimum absolute atomic E-state index is 0.124. The summed E-state index contributed by atoms with van der Waals surface area (Å²) >= 11 is 0. The first-order valence-electron chi connectivity index (χ1n) is 9.51. The van der Waals surface area contributed by atoms with Gasteiger partial charge in [0.1, 0.15) is 6.10 Å². The zero-order chi connectivity index (χ0) is 19.4. The number of nitrogens with zero attached hydrogens (tertiary/aromatic N) is 3. The second-order valence-electron chi connectivity index (χ2n) is 7.54. The lowest BCUT2D eigenvalue weighted by Crippen LogP contribution is -2.47. The Hall–Kier alpha value is -2.28. The molecule has 2 aliphatic rings. The molecule has 0 saturated carbocycles. The van der Waals surface area contributed by atoms with Gasteiger partial charge in [-0.3, -0.25) is 14.6 Å². The Morgan fingerprint density at radius 3 is 2.30 bits per heavy atom. The fourth-order valence-electron chi connectivity index (χ4n) is 3.55. The van der Waals surface area contributed by atoms with Crippen molar-refractivity contribution in [1.29, 1.82) is 0 Å². The van der Waals surface area contributed by atoms with Crippen molar-refractivity contribution in [2.24, 2.45) is 0 Å².